The molecule has 0 saturated heterocycles. The van der Waals surface area contributed by atoms with Crippen molar-refractivity contribution in [3.05, 3.63) is 106 Å². The molecule has 1 heterocycles. The first-order chi connectivity index (χ1) is 19.2. The Bertz CT molecular complexity index is 1650. The lowest BCUT2D eigenvalue weighted by Gasteiger charge is -2.17. The average molecular weight is 578 g/mol. The fraction of sp³-hybridized carbons (Fsp3) is 0.143. The van der Waals surface area contributed by atoms with E-state index in [2.05, 4.69) is 15.4 Å². The van der Waals surface area contributed by atoms with Gasteiger partial charge in [-0.05, 0) is 48.2 Å². The number of nitrogens with zero attached hydrogens (tertiary/aromatic N) is 2. The molecular formula is C28H27N5O5S2. The zero-order valence-corrected chi connectivity index (χ0v) is 23.1. The number of nitrogens with one attached hydrogen (secondary N) is 1. The molecule has 40 heavy (non-hydrogen) atoms. The maximum atomic E-state index is 13.3. The number of aromatic nitrogens is 1. The molecule has 3 aromatic carbocycles. The lowest BCUT2D eigenvalue weighted by Crippen LogP contribution is -2.30. The minimum Gasteiger partial charge on any atom is -0.461 e. The second kappa shape index (κ2) is 12.6. The molecule has 12 heteroatoms. The van der Waals surface area contributed by atoms with Crippen molar-refractivity contribution < 1.29 is 22.7 Å². The third kappa shape index (κ3) is 6.97. The number of thiazole rings is 1. The fourth-order valence-corrected chi connectivity index (χ4v) is 5.66. The first kappa shape index (κ1) is 28.6. The number of amides is 1. The number of hydrogen-bond donors (Lipinski definition) is 3. The Kier molecular flexibility index (Phi) is 9.04. The smallest absolute Gasteiger partial charge is 0.357 e. The summed E-state index contributed by atoms with van der Waals surface area (Å²) in [4.78, 5) is 29.9. The molecule has 1 atom stereocenters. The van der Waals surface area contributed by atoms with Crippen molar-refractivity contribution in [2.75, 3.05) is 6.61 Å². The van der Waals surface area contributed by atoms with E-state index < -0.39 is 22.0 Å². The van der Waals surface area contributed by atoms with Gasteiger partial charge in [-0.1, -0.05) is 54.6 Å². The highest BCUT2D eigenvalue weighted by Crippen LogP contribution is 2.28. The fourth-order valence-electron chi connectivity index (χ4n) is 4.06. The van der Waals surface area contributed by atoms with E-state index in [9.17, 15) is 18.0 Å². The second-order valence-electron chi connectivity index (χ2n) is 8.66. The van der Waals surface area contributed by atoms with E-state index in [-0.39, 0.29) is 23.1 Å². The van der Waals surface area contributed by atoms with Gasteiger partial charge < -0.3 is 15.9 Å². The lowest BCUT2D eigenvalue weighted by atomic mass is 10.0. The Morgan fingerprint density at radius 3 is 2.55 bits per heavy atom. The molecule has 206 valence electrons. The predicted octanol–water partition coefficient (Wildman–Crippen LogP) is 3.64. The Hall–Kier alpha value is -4.39. The van der Waals surface area contributed by atoms with Gasteiger partial charge >= 0.3 is 5.97 Å². The number of primary sulfonamides is 1. The van der Waals surface area contributed by atoms with Crippen molar-refractivity contribution in [3.63, 3.8) is 0 Å². The number of nitrogens with two attached hydrogens (primary N) is 2. The summed E-state index contributed by atoms with van der Waals surface area (Å²) in [7, 11) is -3.93. The highest BCUT2D eigenvalue weighted by molar-refractivity contribution is 7.89. The summed E-state index contributed by atoms with van der Waals surface area (Å²) >= 11 is 1.24. The van der Waals surface area contributed by atoms with Gasteiger partial charge in [-0.2, -0.15) is 5.10 Å². The van der Waals surface area contributed by atoms with Crippen LogP contribution >= 0.6 is 11.3 Å². The van der Waals surface area contributed by atoms with Gasteiger partial charge in [0.05, 0.1) is 23.8 Å². The molecule has 4 rings (SSSR count). The molecule has 0 saturated carbocycles. The topological polar surface area (TPSA) is 167 Å². The Morgan fingerprint density at radius 2 is 1.85 bits per heavy atom. The van der Waals surface area contributed by atoms with Gasteiger partial charge in [0.1, 0.15) is 5.01 Å². The molecule has 1 amide bonds. The van der Waals surface area contributed by atoms with E-state index in [0.717, 1.165) is 11.1 Å². The van der Waals surface area contributed by atoms with E-state index in [1.807, 2.05) is 24.3 Å². The number of rotatable bonds is 10. The molecule has 1 aromatic heterocycles. The highest BCUT2D eigenvalue weighted by Gasteiger charge is 2.22. The van der Waals surface area contributed by atoms with Crippen LogP contribution in [0.25, 0.3) is 11.1 Å². The van der Waals surface area contributed by atoms with Gasteiger partial charge in [0, 0.05) is 16.5 Å². The van der Waals surface area contributed by atoms with Crippen LogP contribution in [-0.4, -0.2) is 38.1 Å². The van der Waals surface area contributed by atoms with Crippen LogP contribution in [0.5, 0.6) is 0 Å². The van der Waals surface area contributed by atoms with Crippen molar-refractivity contribution in [3.8, 4) is 11.1 Å². The zero-order valence-electron chi connectivity index (χ0n) is 21.5. The Morgan fingerprint density at radius 1 is 1.10 bits per heavy atom. The molecule has 5 N–H and O–H groups in total. The SMILES string of the molecule is CCOC(=O)c1csc(C(Cc2cccc(/C=N\N)c2)NC(=O)c2ccc(-c3ccccc3S(N)(=O)=O)cc2)n1. The largest absolute Gasteiger partial charge is 0.461 e. The summed E-state index contributed by atoms with van der Waals surface area (Å²) in [5, 5.41) is 14.1. The molecule has 10 nitrogen and oxygen atoms in total. The summed E-state index contributed by atoms with van der Waals surface area (Å²) in [5.74, 6) is 4.38. The molecule has 0 fully saturated rings. The van der Waals surface area contributed by atoms with Crippen LogP contribution in [0.1, 0.15) is 49.9 Å². The number of carbonyl (C=O) groups is 2. The molecule has 0 aliphatic heterocycles. The van der Waals surface area contributed by atoms with Crippen molar-refractivity contribution in [1.29, 1.82) is 0 Å². The normalized spacial score (nSPS) is 12.2. The lowest BCUT2D eigenvalue weighted by molar-refractivity contribution is 0.0520. The first-order valence-corrected chi connectivity index (χ1v) is 14.6. The number of carbonyl (C=O) groups excluding carboxylic acids is 2. The summed E-state index contributed by atoms with van der Waals surface area (Å²) in [5.41, 5.74) is 3.24. The average Bonchev–Trinajstić information content (AvgIpc) is 3.44. The number of esters is 1. The number of sulfonamides is 1. The highest BCUT2D eigenvalue weighted by atomic mass is 32.2. The van der Waals surface area contributed by atoms with Crippen molar-refractivity contribution in [1.82, 2.24) is 10.3 Å². The van der Waals surface area contributed by atoms with Crippen LogP contribution in [0.3, 0.4) is 0 Å². The second-order valence-corrected chi connectivity index (χ2v) is 11.1. The van der Waals surface area contributed by atoms with Crippen molar-refractivity contribution in [2.24, 2.45) is 16.1 Å². The molecule has 4 aromatic rings. The number of benzene rings is 3. The van der Waals surface area contributed by atoms with Crippen LogP contribution in [0.4, 0.5) is 0 Å². The molecule has 0 bridgehead atoms. The monoisotopic (exact) mass is 577 g/mol. The van der Waals surface area contributed by atoms with E-state index in [1.54, 1.807) is 54.8 Å². The van der Waals surface area contributed by atoms with Gasteiger partial charge in [-0.25, -0.2) is 23.3 Å². The number of hydrogen-bond acceptors (Lipinski definition) is 9. The van der Waals surface area contributed by atoms with Crippen LogP contribution in [0.2, 0.25) is 0 Å². The van der Waals surface area contributed by atoms with Crippen LogP contribution in [0.15, 0.2) is 88.2 Å². The van der Waals surface area contributed by atoms with Crippen molar-refractivity contribution in [2.45, 2.75) is 24.3 Å². The standard InChI is InChI=1S/C28H27N5O5S2/c1-2-38-28(35)24-17-39-27(33-24)23(15-18-6-5-7-19(14-18)16-31-29)32-26(34)21-12-10-20(11-13-21)22-8-3-4-9-25(22)40(30,36)37/h3-14,16-17,23H,2,15,29H2,1H3,(H,32,34)(H2,30,36,37)/b31-16-. The third-order valence-corrected chi connectivity index (χ3v) is 7.80. The van der Waals surface area contributed by atoms with Crippen LogP contribution in [0, 0.1) is 0 Å². The van der Waals surface area contributed by atoms with Gasteiger partial charge in [0.25, 0.3) is 5.91 Å². The van der Waals surface area contributed by atoms with E-state index in [4.69, 9.17) is 15.7 Å². The Balaban J connectivity index is 1.61. The predicted molar refractivity (Wildman–Crippen MR) is 153 cm³/mol. The quantitative estimate of drug-likeness (QED) is 0.112. The zero-order chi connectivity index (χ0) is 28.7. The molecule has 0 aliphatic rings. The van der Waals surface area contributed by atoms with Crippen molar-refractivity contribution >= 4 is 39.5 Å². The number of ether oxygens (including phenoxy) is 1. The molecular weight excluding hydrogens is 550 g/mol. The number of hydrazone groups is 1. The molecule has 0 radical (unpaired) electrons. The van der Waals surface area contributed by atoms with E-state index in [0.29, 0.717) is 28.1 Å². The first-order valence-electron chi connectivity index (χ1n) is 12.2. The summed E-state index contributed by atoms with van der Waals surface area (Å²) < 4.78 is 29.1. The maximum absolute atomic E-state index is 13.3. The third-order valence-electron chi connectivity index (χ3n) is 5.88. The van der Waals surface area contributed by atoms with Crippen LogP contribution in [-0.2, 0) is 21.2 Å². The minimum atomic E-state index is -3.93. The summed E-state index contributed by atoms with van der Waals surface area (Å²) in [6, 6.07) is 19.9. The molecule has 0 spiro atoms. The van der Waals surface area contributed by atoms with Gasteiger partial charge in [0.15, 0.2) is 5.69 Å². The maximum Gasteiger partial charge on any atom is 0.357 e. The van der Waals surface area contributed by atoms with Crippen LogP contribution < -0.4 is 16.3 Å². The van der Waals surface area contributed by atoms with Gasteiger partial charge in [-0.15, -0.1) is 11.3 Å². The molecule has 1 unspecified atom stereocenters. The van der Waals surface area contributed by atoms with E-state index >= 15 is 0 Å². The summed E-state index contributed by atoms with van der Waals surface area (Å²) in [6.45, 7) is 1.93. The summed E-state index contributed by atoms with van der Waals surface area (Å²) in [6.07, 6.45) is 1.91. The van der Waals surface area contributed by atoms with E-state index in [1.165, 1.54) is 23.6 Å². The Labute approximate surface area is 235 Å². The van der Waals surface area contributed by atoms with Gasteiger partial charge in [-0.3, -0.25) is 4.79 Å². The molecule has 0 aliphatic carbocycles. The minimum absolute atomic E-state index is 0.00431. The van der Waals surface area contributed by atoms with Gasteiger partial charge in [0.2, 0.25) is 10.0 Å².